The molecule has 0 saturated carbocycles. The Balaban J connectivity index is 0.00000228. The first-order chi connectivity index (χ1) is 16.3. The van der Waals surface area contributed by atoms with Crippen LogP contribution >= 0.6 is 7.82 Å². The fourth-order valence-corrected chi connectivity index (χ4v) is 3.25. The van der Waals surface area contributed by atoms with E-state index in [0.717, 1.165) is 4.68 Å². The first kappa shape index (κ1) is 30.6. The fourth-order valence-electron chi connectivity index (χ4n) is 2.99. The molecule has 0 aliphatic rings. The molecular weight excluding hydrogens is 513 g/mol. The molecule has 0 bridgehead atoms. The quantitative estimate of drug-likeness (QED) is 0.154. The topological polar surface area (TPSA) is 172 Å². The summed E-state index contributed by atoms with van der Waals surface area (Å²) in [7, 11) is -3.54. The summed E-state index contributed by atoms with van der Waals surface area (Å²) in [6.07, 6.45) is 6.10. The Morgan fingerprint density at radius 2 is 1.97 bits per heavy atom. The van der Waals surface area contributed by atoms with Crippen molar-refractivity contribution >= 4 is 19.4 Å². The Bertz CT molecular complexity index is 1320. The SMILES string of the molecule is COCCn1cc(NC(=O)c2ccc(-c3cnn(COP(=O)([O-])[O-])c3)o2)c(-c2ccccn2)n1.[Na+].[Na+]. The average molecular weight is 532 g/mol. The number of phosphoric ester groups is 1. The number of phosphoric acid groups is 1. The molecule has 36 heavy (non-hydrogen) atoms. The van der Waals surface area contributed by atoms with Gasteiger partial charge < -0.3 is 33.3 Å². The molecule has 178 valence electrons. The van der Waals surface area contributed by atoms with E-state index >= 15 is 0 Å². The van der Waals surface area contributed by atoms with Crippen molar-refractivity contribution < 1.29 is 91.9 Å². The first-order valence-corrected chi connectivity index (χ1v) is 11.4. The minimum absolute atomic E-state index is 0. The minimum Gasteiger partial charge on any atom is -0.790 e. The number of hydrogen-bond acceptors (Lipinski definition) is 10. The van der Waals surface area contributed by atoms with Gasteiger partial charge in [-0.15, -0.1) is 0 Å². The average Bonchev–Trinajstić information content (AvgIpc) is 3.55. The van der Waals surface area contributed by atoms with Crippen molar-refractivity contribution in [2.24, 2.45) is 0 Å². The number of carbonyl (C=O) groups is 1. The molecule has 4 rings (SSSR count). The van der Waals surface area contributed by atoms with Crippen LogP contribution in [0.3, 0.4) is 0 Å². The van der Waals surface area contributed by atoms with Crippen LogP contribution in [-0.4, -0.2) is 44.2 Å². The first-order valence-electron chi connectivity index (χ1n) is 9.91. The zero-order chi connectivity index (χ0) is 24.1. The van der Waals surface area contributed by atoms with E-state index in [1.807, 2.05) is 6.07 Å². The molecule has 4 aromatic heterocycles. The van der Waals surface area contributed by atoms with Crippen LogP contribution in [0.25, 0.3) is 22.7 Å². The summed E-state index contributed by atoms with van der Waals surface area (Å²) < 4.78 is 28.3. The molecule has 0 unspecified atom stereocenters. The van der Waals surface area contributed by atoms with E-state index in [0.29, 0.717) is 41.6 Å². The van der Waals surface area contributed by atoms with Gasteiger partial charge in [-0.05, 0) is 24.3 Å². The Morgan fingerprint density at radius 1 is 1.17 bits per heavy atom. The third-order valence-corrected chi connectivity index (χ3v) is 4.97. The number of carbonyl (C=O) groups excluding carboxylic acids is 1. The van der Waals surface area contributed by atoms with Crippen LogP contribution in [0.4, 0.5) is 5.69 Å². The van der Waals surface area contributed by atoms with Crippen LogP contribution in [0, 0.1) is 0 Å². The molecule has 0 fully saturated rings. The second kappa shape index (κ2) is 13.8. The van der Waals surface area contributed by atoms with Crippen molar-refractivity contribution in [3.8, 4) is 22.7 Å². The normalized spacial score (nSPS) is 11.0. The molecule has 0 aliphatic carbocycles. The number of rotatable bonds is 10. The van der Waals surface area contributed by atoms with Crippen LogP contribution in [0.1, 0.15) is 10.6 Å². The van der Waals surface area contributed by atoms with E-state index in [4.69, 9.17) is 9.15 Å². The largest absolute Gasteiger partial charge is 1.00 e. The monoisotopic (exact) mass is 532 g/mol. The van der Waals surface area contributed by atoms with E-state index in [1.54, 1.807) is 42.4 Å². The second-order valence-electron chi connectivity index (χ2n) is 6.95. The Labute approximate surface area is 250 Å². The molecule has 0 radical (unpaired) electrons. The summed E-state index contributed by atoms with van der Waals surface area (Å²) >= 11 is 0. The summed E-state index contributed by atoms with van der Waals surface area (Å²) in [6.45, 7) is 0.360. The Morgan fingerprint density at radius 3 is 2.67 bits per heavy atom. The molecule has 1 N–H and O–H groups in total. The number of anilines is 1. The van der Waals surface area contributed by atoms with Crippen molar-refractivity contribution in [1.82, 2.24) is 24.5 Å². The second-order valence-corrected chi connectivity index (χ2v) is 8.11. The number of pyridine rings is 1. The summed E-state index contributed by atoms with van der Waals surface area (Å²) in [6, 6.07) is 8.42. The predicted molar refractivity (Wildman–Crippen MR) is 114 cm³/mol. The molecule has 4 aromatic rings. The zero-order valence-electron chi connectivity index (χ0n) is 19.9. The number of nitrogens with one attached hydrogen (secondary N) is 1. The number of ether oxygens (including phenoxy) is 1. The molecule has 0 aromatic carbocycles. The van der Waals surface area contributed by atoms with Gasteiger partial charge in [0.1, 0.15) is 18.2 Å². The van der Waals surface area contributed by atoms with Gasteiger partial charge in [0.25, 0.3) is 5.91 Å². The summed E-state index contributed by atoms with van der Waals surface area (Å²) in [4.78, 5) is 38.4. The minimum atomic E-state index is -5.12. The third-order valence-electron chi connectivity index (χ3n) is 4.54. The number of methoxy groups -OCH3 is 1. The molecular formula is C20H19N6Na2O7P. The number of aromatic nitrogens is 5. The number of nitrogens with zero attached hydrogens (tertiary/aromatic N) is 5. The van der Waals surface area contributed by atoms with Crippen LogP contribution in [0.15, 0.2) is 59.5 Å². The maximum absolute atomic E-state index is 12.9. The summed E-state index contributed by atoms with van der Waals surface area (Å²) in [5, 5.41) is 11.2. The van der Waals surface area contributed by atoms with Crippen molar-refractivity contribution in [2.75, 3.05) is 19.0 Å². The molecule has 0 aliphatic heterocycles. The van der Waals surface area contributed by atoms with Crippen LogP contribution in [0.5, 0.6) is 0 Å². The Kier molecular flexibility index (Phi) is 11.7. The van der Waals surface area contributed by atoms with Gasteiger partial charge in [0.05, 0.1) is 44.1 Å². The van der Waals surface area contributed by atoms with Crippen molar-refractivity contribution in [1.29, 1.82) is 0 Å². The van der Waals surface area contributed by atoms with Crippen molar-refractivity contribution in [2.45, 2.75) is 13.3 Å². The molecule has 0 saturated heterocycles. The summed E-state index contributed by atoms with van der Waals surface area (Å²) in [5.41, 5.74) is 1.98. The molecule has 1 amide bonds. The van der Waals surface area contributed by atoms with Gasteiger partial charge >= 0.3 is 59.1 Å². The smallest absolute Gasteiger partial charge is 0.790 e. The predicted octanol–water partition coefficient (Wildman–Crippen LogP) is -4.89. The van der Waals surface area contributed by atoms with Crippen LogP contribution < -0.4 is 74.2 Å². The third kappa shape index (κ3) is 8.20. The van der Waals surface area contributed by atoms with Gasteiger partial charge in [-0.3, -0.25) is 14.5 Å². The van der Waals surface area contributed by atoms with E-state index in [2.05, 4.69) is 25.0 Å². The van der Waals surface area contributed by atoms with Crippen molar-refractivity contribution in [3.63, 3.8) is 0 Å². The number of hydrogen-bond donors (Lipinski definition) is 1. The molecule has 0 atom stereocenters. The van der Waals surface area contributed by atoms with Crippen molar-refractivity contribution in [3.05, 3.63) is 60.9 Å². The maximum atomic E-state index is 12.9. The van der Waals surface area contributed by atoms with Gasteiger partial charge in [0, 0.05) is 25.7 Å². The number of amides is 1. The van der Waals surface area contributed by atoms with Crippen LogP contribution in [-0.2, 0) is 27.1 Å². The van der Waals surface area contributed by atoms with Gasteiger partial charge in [-0.1, -0.05) is 6.07 Å². The maximum Gasteiger partial charge on any atom is 1.00 e. The summed E-state index contributed by atoms with van der Waals surface area (Å²) in [5.74, 6) is -0.173. The Hall–Kier alpha value is -1.61. The van der Waals surface area contributed by atoms with E-state index < -0.39 is 20.5 Å². The molecule has 0 spiro atoms. The van der Waals surface area contributed by atoms with E-state index in [9.17, 15) is 19.1 Å². The zero-order valence-corrected chi connectivity index (χ0v) is 24.8. The molecule has 4 heterocycles. The van der Waals surface area contributed by atoms with Gasteiger partial charge in [0.15, 0.2) is 5.76 Å². The number of furan rings is 1. The van der Waals surface area contributed by atoms with E-state index in [-0.39, 0.29) is 64.9 Å². The van der Waals surface area contributed by atoms with Crippen LogP contribution in [0.2, 0.25) is 0 Å². The standard InChI is InChI=1S/C20H21N6O7P.2Na/c1-31-9-8-25-12-16(19(24-25)15-4-2-3-7-21-15)23-20(27)18-6-5-17(33-18)14-10-22-26(11-14)13-32-34(28,29)30;;/h2-7,10-12H,8-9,13H2,1H3,(H,23,27)(H2,28,29,30);;/q;2*+1/p-2. The molecule has 16 heteroatoms. The fraction of sp³-hybridized carbons (Fsp3) is 0.200. The van der Waals surface area contributed by atoms with Gasteiger partial charge in [-0.2, -0.15) is 10.2 Å². The molecule has 13 nitrogen and oxygen atoms in total. The van der Waals surface area contributed by atoms with E-state index in [1.165, 1.54) is 18.5 Å². The van der Waals surface area contributed by atoms with Gasteiger partial charge in [0.2, 0.25) is 0 Å². The van der Waals surface area contributed by atoms with Gasteiger partial charge in [-0.25, -0.2) is 4.68 Å².